The Kier molecular flexibility index (Phi) is 4.94. The molecule has 1 heterocycles. The quantitative estimate of drug-likeness (QED) is 0.638. The van der Waals surface area contributed by atoms with Gasteiger partial charge in [-0.05, 0) is 17.7 Å². The van der Waals surface area contributed by atoms with Crippen molar-refractivity contribution < 1.29 is 28.9 Å². The van der Waals surface area contributed by atoms with Crippen molar-refractivity contribution in [1.29, 1.82) is 0 Å². The summed E-state index contributed by atoms with van der Waals surface area (Å²) >= 11 is 0. The lowest BCUT2D eigenvalue weighted by molar-refractivity contribution is -0.118. The Hall–Kier alpha value is -1.77. The van der Waals surface area contributed by atoms with Crippen molar-refractivity contribution in [2.75, 3.05) is 32.8 Å². The van der Waals surface area contributed by atoms with Gasteiger partial charge in [0, 0.05) is 26.2 Å². The molecule has 1 atom stereocenters. The number of carboxylic acids is 1. The number of carbonyl (C=O) groups is 1. The molecule has 0 spiro atoms. The van der Waals surface area contributed by atoms with Gasteiger partial charge in [0.25, 0.3) is 5.92 Å². The molecule has 0 bridgehead atoms. The van der Waals surface area contributed by atoms with Crippen LogP contribution in [0, 0.1) is 0 Å². The summed E-state index contributed by atoms with van der Waals surface area (Å²) in [4.78, 5) is 12.6. The number of benzene rings is 1. The topological polar surface area (TPSA) is 93.0 Å². The third-order valence-corrected chi connectivity index (χ3v) is 3.69. The fraction of sp³-hybridized carbons (Fsp3) is 0.500. The lowest BCUT2D eigenvalue weighted by Crippen LogP contribution is -2.51. The first-order valence-corrected chi connectivity index (χ1v) is 6.86. The average molecular weight is 316 g/mol. The van der Waals surface area contributed by atoms with Crippen LogP contribution >= 0.6 is 0 Å². The first-order chi connectivity index (χ1) is 10.4. The van der Waals surface area contributed by atoms with Gasteiger partial charge in [-0.3, -0.25) is 4.90 Å². The normalized spacial score (nSPS) is 18.1. The molecule has 1 aromatic carbocycles. The fourth-order valence-electron chi connectivity index (χ4n) is 2.64. The van der Waals surface area contributed by atoms with Crippen LogP contribution in [-0.2, 0) is 0 Å². The molecule has 0 radical (unpaired) electrons. The molecule has 8 heteroatoms. The van der Waals surface area contributed by atoms with Crippen molar-refractivity contribution in [2.45, 2.75) is 12.0 Å². The first-order valence-electron chi connectivity index (χ1n) is 6.86. The zero-order chi connectivity index (χ0) is 16.3. The second-order valence-corrected chi connectivity index (χ2v) is 5.19. The van der Waals surface area contributed by atoms with Gasteiger partial charge in [0.1, 0.15) is 24.0 Å². The molecule has 1 aromatic rings. The van der Waals surface area contributed by atoms with Gasteiger partial charge in [0.15, 0.2) is 0 Å². The predicted octanol–water partition coefficient (Wildman–Crippen LogP) is 0.664. The lowest BCUT2D eigenvalue weighted by atomic mass is 9.96. The molecule has 6 nitrogen and oxygen atoms in total. The van der Waals surface area contributed by atoms with Gasteiger partial charge < -0.3 is 20.6 Å². The summed E-state index contributed by atoms with van der Waals surface area (Å²) in [5.74, 6) is -5.31. The molecule has 122 valence electrons. The number of alkyl halides is 2. The largest absolute Gasteiger partial charge is 0.507 e. The van der Waals surface area contributed by atoms with Crippen LogP contribution < -0.4 is 5.32 Å². The van der Waals surface area contributed by atoms with E-state index >= 15 is 0 Å². The Labute approximate surface area is 126 Å². The Morgan fingerprint density at radius 1 is 1.36 bits per heavy atom. The number of piperazine rings is 1. The number of phenols is 1. The Morgan fingerprint density at radius 3 is 2.55 bits per heavy atom. The Morgan fingerprint density at radius 2 is 2.00 bits per heavy atom. The van der Waals surface area contributed by atoms with Crippen LogP contribution in [0.3, 0.4) is 0 Å². The lowest BCUT2D eigenvalue weighted by Gasteiger charge is -2.38. The number of carboxylic acid groups (broad SMARTS) is 1. The van der Waals surface area contributed by atoms with Crippen LogP contribution in [0.2, 0.25) is 0 Å². The number of hydrogen-bond acceptors (Lipinski definition) is 5. The van der Waals surface area contributed by atoms with Crippen LogP contribution in [0.25, 0.3) is 0 Å². The van der Waals surface area contributed by atoms with Crippen LogP contribution in [0.1, 0.15) is 22.0 Å². The number of hydrogen-bond donors (Lipinski definition) is 4. The predicted molar refractivity (Wildman–Crippen MR) is 74.3 cm³/mol. The summed E-state index contributed by atoms with van der Waals surface area (Å²) in [6.45, 7) is 0.418. The molecule has 1 saturated heterocycles. The molecule has 0 saturated carbocycles. The summed E-state index contributed by atoms with van der Waals surface area (Å²) in [5.41, 5.74) is -0.387. The minimum atomic E-state index is -3.43. The van der Waals surface area contributed by atoms with E-state index in [-0.39, 0.29) is 5.56 Å². The van der Waals surface area contributed by atoms with E-state index in [9.17, 15) is 18.7 Å². The second-order valence-electron chi connectivity index (χ2n) is 5.19. The number of nitrogens with one attached hydrogen (secondary N) is 1. The summed E-state index contributed by atoms with van der Waals surface area (Å²) in [7, 11) is 0. The Bertz CT molecular complexity index is 548. The summed E-state index contributed by atoms with van der Waals surface area (Å²) in [5, 5.41) is 30.6. The molecule has 0 unspecified atom stereocenters. The minimum absolute atomic E-state index is 0.0520. The maximum Gasteiger partial charge on any atom is 0.339 e. The van der Waals surface area contributed by atoms with Crippen LogP contribution in [0.15, 0.2) is 18.2 Å². The highest BCUT2D eigenvalue weighted by Gasteiger charge is 2.44. The Balaban J connectivity index is 2.44. The maximum absolute atomic E-state index is 14.2. The van der Waals surface area contributed by atoms with Gasteiger partial charge in [-0.2, -0.15) is 0 Å². The monoisotopic (exact) mass is 316 g/mol. The molecule has 0 amide bonds. The molecule has 1 fully saturated rings. The molecule has 22 heavy (non-hydrogen) atoms. The van der Waals surface area contributed by atoms with Crippen LogP contribution in [-0.4, -0.2) is 64.9 Å². The molecular formula is C14H18F2N2O4. The molecular weight excluding hydrogens is 298 g/mol. The van der Waals surface area contributed by atoms with E-state index in [2.05, 4.69) is 5.32 Å². The highest BCUT2D eigenvalue weighted by molar-refractivity contribution is 5.91. The molecule has 1 aliphatic heterocycles. The van der Waals surface area contributed by atoms with Gasteiger partial charge in [0.2, 0.25) is 0 Å². The van der Waals surface area contributed by atoms with E-state index in [1.54, 1.807) is 0 Å². The number of halogens is 2. The van der Waals surface area contributed by atoms with Crippen LogP contribution in [0.5, 0.6) is 5.75 Å². The maximum atomic E-state index is 14.2. The minimum Gasteiger partial charge on any atom is -0.507 e. The average Bonchev–Trinajstić information content (AvgIpc) is 2.50. The third kappa shape index (κ3) is 3.34. The number of aromatic hydroxyl groups is 1. The number of rotatable bonds is 5. The summed E-state index contributed by atoms with van der Waals surface area (Å²) in [6, 6.07) is 1.94. The van der Waals surface area contributed by atoms with E-state index in [1.165, 1.54) is 11.0 Å². The number of aromatic carboxylic acids is 1. The van der Waals surface area contributed by atoms with Gasteiger partial charge in [-0.15, -0.1) is 0 Å². The zero-order valence-corrected chi connectivity index (χ0v) is 11.8. The van der Waals surface area contributed by atoms with Gasteiger partial charge >= 0.3 is 5.97 Å². The van der Waals surface area contributed by atoms with Crippen molar-refractivity contribution in [3.63, 3.8) is 0 Å². The smallest absolute Gasteiger partial charge is 0.339 e. The molecule has 2 rings (SSSR count). The van der Waals surface area contributed by atoms with E-state index in [0.717, 1.165) is 12.1 Å². The standard InChI is InChI=1S/C14H18F2N2O4/c15-14(16,8-19)12(18-5-3-17-4-6-18)9-1-2-11(20)10(7-9)13(21)22/h1-2,7,12,17,19-20H,3-6,8H2,(H,21,22)/t12-/m0/s1. The van der Waals surface area contributed by atoms with Crippen molar-refractivity contribution in [1.82, 2.24) is 10.2 Å². The first kappa shape index (κ1) is 16.6. The van der Waals surface area contributed by atoms with Crippen molar-refractivity contribution >= 4 is 5.97 Å². The zero-order valence-electron chi connectivity index (χ0n) is 11.8. The van der Waals surface area contributed by atoms with Crippen molar-refractivity contribution in [3.8, 4) is 5.75 Å². The van der Waals surface area contributed by atoms with Gasteiger partial charge in [-0.25, -0.2) is 13.6 Å². The van der Waals surface area contributed by atoms with E-state index < -0.39 is 35.9 Å². The number of aliphatic hydroxyl groups is 1. The second kappa shape index (κ2) is 6.55. The number of aliphatic hydroxyl groups excluding tert-OH is 1. The highest BCUT2D eigenvalue weighted by atomic mass is 19.3. The van der Waals surface area contributed by atoms with Crippen LogP contribution in [0.4, 0.5) is 8.78 Å². The van der Waals surface area contributed by atoms with E-state index in [1.807, 2.05) is 0 Å². The van der Waals surface area contributed by atoms with Gasteiger partial charge in [0.05, 0.1) is 0 Å². The third-order valence-electron chi connectivity index (χ3n) is 3.69. The summed E-state index contributed by atoms with van der Waals surface area (Å²) < 4.78 is 28.4. The van der Waals surface area contributed by atoms with Crippen molar-refractivity contribution in [3.05, 3.63) is 29.3 Å². The fourth-order valence-corrected chi connectivity index (χ4v) is 2.64. The highest BCUT2D eigenvalue weighted by Crippen LogP contribution is 2.37. The van der Waals surface area contributed by atoms with Crippen molar-refractivity contribution in [2.24, 2.45) is 0 Å². The van der Waals surface area contributed by atoms with E-state index in [4.69, 9.17) is 10.2 Å². The van der Waals surface area contributed by atoms with Gasteiger partial charge in [-0.1, -0.05) is 6.07 Å². The number of nitrogens with zero attached hydrogens (tertiary/aromatic N) is 1. The van der Waals surface area contributed by atoms with E-state index in [0.29, 0.717) is 26.2 Å². The molecule has 0 aromatic heterocycles. The molecule has 1 aliphatic rings. The molecule has 4 N–H and O–H groups in total. The SMILES string of the molecule is O=C(O)c1cc([C@H](N2CCNCC2)C(F)(F)CO)ccc1O. The summed E-state index contributed by atoms with van der Waals surface area (Å²) in [6.07, 6.45) is 0. The molecule has 0 aliphatic carbocycles.